The van der Waals surface area contributed by atoms with E-state index in [2.05, 4.69) is 48.3 Å². The first-order valence-corrected chi connectivity index (χ1v) is 7.27. The second-order valence-corrected chi connectivity index (χ2v) is 6.16. The largest absolute Gasteiger partial charge is 0.311 e. The van der Waals surface area contributed by atoms with Crippen molar-refractivity contribution in [2.45, 2.75) is 32.2 Å². The van der Waals surface area contributed by atoms with Crippen molar-refractivity contribution in [1.29, 1.82) is 0 Å². The number of nitrogens with one attached hydrogen (secondary N) is 1. The molecular formula is C16H24N2. The van der Waals surface area contributed by atoms with Gasteiger partial charge in [-0.1, -0.05) is 38.1 Å². The molecule has 2 heteroatoms. The fourth-order valence-electron chi connectivity index (χ4n) is 3.29. The van der Waals surface area contributed by atoms with Crippen LogP contribution < -0.4 is 5.32 Å². The maximum atomic E-state index is 3.64. The van der Waals surface area contributed by atoms with E-state index in [4.69, 9.17) is 0 Å². The van der Waals surface area contributed by atoms with Gasteiger partial charge in [0, 0.05) is 38.1 Å². The predicted octanol–water partition coefficient (Wildman–Crippen LogP) is 2.26. The van der Waals surface area contributed by atoms with Gasteiger partial charge in [-0.2, -0.15) is 0 Å². The smallest absolute Gasteiger partial charge is 0.0218 e. The van der Waals surface area contributed by atoms with Crippen LogP contribution in [0.1, 0.15) is 30.9 Å². The molecule has 1 heterocycles. The van der Waals surface area contributed by atoms with Crippen LogP contribution in [0.4, 0.5) is 0 Å². The Morgan fingerprint density at radius 3 is 2.94 bits per heavy atom. The van der Waals surface area contributed by atoms with Crippen LogP contribution in [0.2, 0.25) is 0 Å². The monoisotopic (exact) mass is 244 g/mol. The van der Waals surface area contributed by atoms with Crippen LogP contribution in [0, 0.1) is 5.92 Å². The van der Waals surface area contributed by atoms with Gasteiger partial charge in [-0.3, -0.25) is 4.90 Å². The summed E-state index contributed by atoms with van der Waals surface area (Å²) in [7, 11) is 0. The van der Waals surface area contributed by atoms with E-state index < -0.39 is 0 Å². The molecule has 1 aromatic rings. The number of rotatable bonds is 3. The lowest BCUT2D eigenvalue weighted by molar-refractivity contribution is 0.163. The van der Waals surface area contributed by atoms with E-state index in [1.807, 2.05) is 0 Å². The predicted molar refractivity (Wildman–Crippen MR) is 76.0 cm³/mol. The molecule has 0 radical (unpaired) electrons. The molecule has 2 aliphatic rings. The van der Waals surface area contributed by atoms with E-state index in [0.29, 0.717) is 6.04 Å². The van der Waals surface area contributed by atoms with Crippen LogP contribution in [0.5, 0.6) is 0 Å². The molecule has 98 valence electrons. The average Bonchev–Trinajstić information content (AvgIpc) is 2.36. The van der Waals surface area contributed by atoms with E-state index >= 15 is 0 Å². The quantitative estimate of drug-likeness (QED) is 0.877. The normalized spacial score (nSPS) is 27.9. The number of hydrogen-bond donors (Lipinski definition) is 1. The number of piperazine rings is 1. The average molecular weight is 244 g/mol. The van der Waals surface area contributed by atoms with Gasteiger partial charge >= 0.3 is 0 Å². The SMILES string of the molecule is CC(C)C1CN(CC2Cc3ccccc32)CCN1. The number of hydrogen-bond acceptors (Lipinski definition) is 2. The van der Waals surface area contributed by atoms with Gasteiger partial charge in [0.2, 0.25) is 0 Å². The van der Waals surface area contributed by atoms with Crippen molar-refractivity contribution in [1.82, 2.24) is 10.2 Å². The lowest BCUT2D eigenvalue weighted by atomic mass is 9.77. The Bertz CT molecular complexity index is 413. The molecule has 1 aliphatic heterocycles. The van der Waals surface area contributed by atoms with Gasteiger partial charge < -0.3 is 5.32 Å². The zero-order valence-electron chi connectivity index (χ0n) is 11.5. The summed E-state index contributed by atoms with van der Waals surface area (Å²) in [4.78, 5) is 2.65. The third-order valence-electron chi connectivity index (χ3n) is 4.53. The molecule has 3 rings (SSSR count). The molecule has 2 unspecified atom stereocenters. The van der Waals surface area contributed by atoms with E-state index in [-0.39, 0.29) is 0 Å². The molecule has 1 aromatic carbocycles. The first-order chi connectivity index (χ1) is 8.74. The van der Waals surface area contributed by atoms with Gasteiger partial charge in [0.15, 0.2) is 0 Å². The number of fused-ring (bicyclic) bond motifs is 1. The Morgan fingerprint density at radius 2 is 2.17 bits per heavy atom. The summed E-state index contributed by atoms with van der Waals surface area (Å²) in [6.07, 6.45) is 1.28. The van der Waals surface area contributed by atoms with Crippen molar-refractivity contribution in [3.63, 3.8) is 0 Å². The Labute approximate surface area is 110 Å². The Balaban J connectivity index is 1.58. The standard InChI is InChI=1S/C16H24N2/c1-12(2)16-11-18(8-7-17-16)10-14-9-13-5-3-4-6-15(13)14/h3-6,12,14,16-17H,7-11H2,1-2H3. The minimum Gasteiger partial charge on any atom is -0.311 e. The lowest BCUT2D eigenvalue weighted by Gasteiger charge is -2.40. The maximum absolute atomic E-state index is 3.64. The van der Waals surface area contributed by atoms with Crippen LogP contribution in [0.3, 0.4) is 0 Å². The van der Waals surface area contributed by atoms with Gasteiger partial charge in [0.1, 0.15) is 0 Å². The molecule has 18 heavy (non-hydrogen) atoms. The Morgan fingerprint density at radius 1 is 1.33 bits per heavy atom. The molecule has 2 atom stereocenters. The summed E-state index contributed by atoms with van der Waals surface area (Å²) in [5, 5.41) is 3.64. The van der Waals surface area contributed by atoms with Crippen LogP contribution in [-0.4, -0.2) is 37.1 Å². The van der Waals surface area contributed by atoms with Crippen molar-refractivity contribution in [2.75, 3.05) is 26.2 Å². The fraction of sp³-hybridized carbons (Fsp3) is 0.625. The van der Waals surface area contributed by atoms with E-state index in [9.17, 15) is 0 Å². The highest BCUT2D eigenvalue weighted by Crippen LogP contribution is 2.35. The zero-order chi connectivity index (χ0) is 12.5. The van der Waals surface area contributed by atoms with Crippen molar-refractivity contribution >= 4 is 0 Å². The summed E-state index contributed by atoms with van der Waals surface area (Å²) in [6.45, 7) is 9.47. The fourth-order valence-corrected chi connectivity index (χ4v) is 3.29. The third kappa shape index (κ3) is 2.32. The summed E-state index contributed by atoms with van der Waals surface area (Å²) >= 11 is 0. The van der Waals surface area contributed by atoms with Crippen LogP contribution >= 0.6 is 0 Å². The molecule has 0 bridgehead atoms. The maximum Gasteiger partial charge on any atom is 0.0218 e. The lowest BCUT2D eigenvalue weighted by Crippen LogP contribution is -2.54. The number of benzene rings is 1. The molecule has 0 saturated carbocycles. The molecule has 0 spiro atoms. The highest BCUT2D eigenvalue weighted by Gasteiger charge is 2.29. The highest BCUT2D eigenvalue weighted by atomic mass is 15.2. The second kappa shape index (κ2) is 5.02. The van der Waals surface area contributed by atoms with E-state index in [0.717, 1.165) is 18.4 Å². The van der Waals surface area contributed by atoms with Crippen molar-refractivity contribution in [3.8, 4) is 0 Å². The summed E-state index contributed by atoms with van der Waals surface area (Å²) in [6, 6.07) is 9.61. The van der Waals surface area contributed by atoms with Crippen molar-refractivity contribution in [2.24, 2.45) is 5.92 Å². The van der Waals surface area contributed by atoms with Crippen molar-refractivity contribution < 1.29 is 0 Å². The molecular weight excluding hydrogens is 220 g/mol. The summed E-state index contributed by atoms with van der Waals surface area (Å²) in [5.74, 6) is 1.52. The van der Waals surface area contributed by atoms with Gasteiger partial charge in [-0.15, -0.1) is 0 Å². The van der Waals surface area contributed by atoms with E-state index in [1.54, 1.807) is 11.1 Å². The second-order valence-electron chi connectivity index (χ2n) is 6.16. The zero-order valence-corrected chi connectivity index (χ0v) is 11.5. The number of nitrogens with zero attached hydrogens (tertiary/aromatic N) is 1. The Kier molecular flexibility index (Phi) is 3.40. The van der Waals surface area contributed by atoms with Gasteiger partial charge in [-0.25, -0.2) is 0 Å². The van der Waals surface area contributed by atoms with Gasteiger partial charge in [-0.05, 0) is 23.5 Å². The van der Waals surface area contributed by atoms with Gasteiger partial charge in [0.05, 0.1) is 0 Å². The van der Waals surface area contributed by atoms with Crippen LogP contribution in [0.15, 0.2) is 24.3 Å². The molecule has 2 nitrogen and oxygen atoms in total. The molecule has 1 saturated heterocycles. The minimum atomic E-state index is 0.675. The van der Waals surface area contributed by atoms with Crippen LogP contribution in [0.25, 0.3) is 0 Å². The molecule has 0 aromatic heterocycles. The first kappa shape index (κ1) is 12.2. The topological polar surface area (TPSA) is 15.3 Å². The molecule has 0 amide bonds. The van der Waals surface area contributed by atoms with Gasteiger partial charge in [0.25, 0.3) is 0 Å². The minimum absolute atomic E-state index is 0.675. The molecule has 1 aliphatic carbocycles. The summed E-state index contributed by atoms with van der Waals surface area (Å²) < 4.78 is 0. The van der Waals surface area contributed by atoms with Crippen LogP contribution in [-0.2, 0) is 6.42 Å². The van der Waals surface area contributed by atoms with Crippen molar-refractivity contribution in [3.05, 3.63) is 35.4 Å². The Hall–Kier alpha value is -0.860. The third-order valence-corrected chi connectivity index (χ3v) is 4.53. The molecule has 1 fully saturated rings. The first-order valence-electron chi connectivity index (χ1n) is 7.27. The highest BCUT2D eigenvalue weighted by molar-refractivity contribution is 5.40. The molecule has 1 N–H and O–H groups in total. The summed E-state index contributed by atoms with van der Waals surface area (Å²) in [5.41, 5.74) is 3.16. The van der Waals surface area contributed by atoms with E-state index in [1.165, 1.54) is 26.1 Å².